The number of nitrogens with one attached hydrogen (secondary N) is 1. The topological polar surface area (TPSA) is 60.7 Å². The molecule has 1 fully saturated rings. The molecule has 1 aliphatic heterocycles. The van der Waals surface area contributed by atoms with Crippen molar-refractivity contribution in [2.75, 3.05) is 13.2 Å². The third-order valence-electron chi connectivity index (χ3n) is 3.69. The predicted octanol–water partition coefficient (Wildman–Crippen LogP) is 4.07. The Hall–Kier alpha value is -1.69. The van der Waals surface area contributed by atoms with Crippen molar-refractivity contribution in [1.82, 2.24) is 5.32 Å². The van der Waals surface area contributed by atoms with Crippen LogP contribution < -0.4 is 10.1 Å². The molecule has 128 valence electrons. The predicted molar refractivity (Wildman–Crippen MR) is 90.8 cm³/mol. The fourth-order valence-corrected chi connectivity index (χ4v) is 2.77. The molecule has 0 bridgehead atoms. The van der Waals surface area contributed by atoms with Gasteiger partial charge < -0.3 is 19.2 Å². The van der Waals surface area contributed by atoms with Crippen LogP contribution in [0.1, 0.15) is 29.2 Å². The molecule has 1 N–H and O–H groups in total. The average Bonchev–Trinajstić information content (AvgIpc) is 3.25. The van der Waals surface area contributed by atoms with Crippen LogP contribution in [0.5, 0.6) is 5.75 Å². The van der Waals surface area contributed by atoms with E-state index in [1.165, 1.54) is 0 Å². The van der Waals surface area contributed by atoms with Crippen molar-refractivity contribution >= 4 is 29.1 Å². The Balaban J connectivity index is 1.53. The van der Waals surface area contributed by atoms with E-state index in [-0.39, 0.29) is 24.4 Å². The van der Waals surface area contributed by atoms with Gasteiger partial charge in [0.15, 0.2) is 5.76 Å². The lowest BCUT2D eigenvalue weighted by Crippen LogP contribution is -2.31. The maximum atomic E-state index is 12.0. The van der Waals surface area contributed by atoms with Gasteiger partial charge in [-0.25, -0.2) is 0 Å². The molecule has 1 aliphatic rings. The van der Waals surface area contributed by atoms with Crippen LogP contribution in [0.2, 0.25) is 10.0 Å². The largest absolute Gasteiger partial charge is 0.484 e. The molecule has 1 aromatic carbocycles. The third kappa shape index (κ3) is 4.23. The molecule has 3 rings (SSSR count). The second kappa shape index (κ2) is 7.92. The Bertz CT molecular complexity index is 710. The lowest BCUT2D eigenvalue weighted by atomic mass is 10.2. The summed E-state index contributed by atoms with van der Waals surface area (Å²) in [4.78, 5) is 12.0. The Labute approximate surface area is 149 Å². The number of rotatable bonds is 6. The molecule has 24 heavy (non-hydrogen) atoms. The highest BCUT2D eigenvalue weighted by molar-refractivity contribution is 6.42. The number of hydrogen-bond acceptors (Lipinski definition) is 4. The van der Waals surface area contributed by atoms with Crippen molar-refractivity contribution in [3.05, 3.63) is 51.9 Å². The lowest BCUT2D eigenvalue weighted by Gasteiger charge is -2.09. The maximum Gasteiger partial charge on any atom is 0.287 e. The minimum atomic E-state index is -0.266. The van der Waals surface area contributed by atoms with Gasteiger partial charge >= 0.3 is 0 Å². The van der Waals surface area contributed by atoms with E-state index in [1.807, 2.05) is 0 Å². The summed E-state index contributed by atoms with van der Waals surface area (Å²) in [5.74, 6) is 0.958. The molecule has 0 radical (unpaired) electrons. The monoisotopic (exact) mass is 369 g/mol. The Morgan fingerprint density at radius 3 is 2.96 bits per heavy atom. The number of hydrogen-bond donors (Lipinski definition) is 1. The highest BCUT2D eigenvalue weighted by Gasteiger charge is 2.18. The van der Waals surface area contributed by atoms with E-state index in [0.29, 0.717) is 28.1 Å². The Morgan fingerprint density at radius 1 is 1.29 bits per heavy atom. The van der Waals surface area contributed by atoms with Gasteiger partial charge in [-0.15, -0.1) is 0 Å². The number of furan rings is 1. The molecule has 1 saturated heterocycles. The molecule has 0 saturated carbocycles. The Morgan fingerprint density at radius 2 is 2.17 bits per heavy atom. The van der Waals surface area contributed by atoms with Crippen LogP contribution in [0.25, 0.3) is 0 Å². The molecule has 5 nitrogen and oxygen atoms in total. The quantitative estimate of drug-likeness (QED) is 0.833. The fraction of sp³-hybridized carbons (Fsp3) is 0.353. The molecule has 1 atom stereocenters. The first-order valence-corrected chi connectivity index (χ1v) is 8.44. The van der Waals surface area contributed by atoms with Crippen molar-refractivity contribution in [1.29, 1.82) is 0 Å². The molecule has 0 spiro atoms. The van der Waals surface area contributed by atoms with E-state index in [9.17, 15) is 4.79 Å². The van der Waals surface area contributed by atoms with Crippen LogP contribution in [0.15, 0.2) is 34.7 Å². The van der Waals surface area contributed by atoms with E-state index in [0.717, 1.165) is 19.4 Å². The summed E-state index contributed by atoms with van der Waals surface area (Å²) in [5, 5.41) is 3.57. The lowest BCUT2D eigenvalue weighted by molar-refractivity contribution is 0.0832. The van der Waals surface area contributed by atoms with Crippen molar-refractivity contribution in [2.24, 2.45) is 0 Å². The molecule has 0 aliphatic carbocycles. The van der Waals surface area contributed by atoms with E-state index in [1.54, 1.807) is 30.3 Å². The van der Waals surface area contributed by atoms with E-state index in [2.05, 4.69) is 5.32 Å². The number of carbonyl (C=O) groups excluding carboxylic acids is 1. The highest BCUT2D eigenvalue weighted by atomic mass is 35.5. The van der Waals surface area contributed by atoms with E-state index >= 15 is 0 Å². The van der Waals surface area contributed by atoms with Gasteiger partial charge in [0.05, 0.1) is 11.1 Å². The summed E-state index contributed by atoms with van der Waals surface area (Å²) in [6.45, 7) is 1.40. The van der Waals surface area contributed by atoms with Crippen LogP contribution in [0.3, 0.4) is 0 Å². The molecule has 2 aromatic rings. The molecule has 1 unspecified atom stereocenters. The number of amides is 1. The smallest absolute Gasteiger partial charge is 0.287 e. The Kier molecular flexibility index (Phi) is 5.66. The first kappa shape index (κ1) is 17.1. The second-order valence-electron chi connectivity index (χ2n) is 5.45. The molecule has 7 heteroatoms. The van der Waals surface area contributed by atoms with E-state index < -0.39 is 0 Å². The van der Waals surface area contributed by atoms with Crippen molar-refractivity contribution in [3.63, 3.8) is 0 Å². The molecule has 1 aromatic heterocycles. The van der Waals surface area contributed by atoms with Crippen LogP contribution >= 0.6 is 23.2 Å². The number of ether oxygens (including phenoxy) is 2. The van der Waals surface area contributed by atoms with E-state index in [4.69, 9.17) is 37.1 Å². The number of benzene rings is 1. The van der Waals surface area contributed by atoms with Crippen LogP contribution in [-0.2, 0) is 11.3 Å². The van der Waals surface area contributed by atoms with Gasteiger partial charge in [-0.05, 0) is 37.1 Å². The standard InChI is InChI=1S/C17H17Cl2NO4/c18-13-4-1-5-14(16(13)19)23-10-12-6-7-15(24-12)17(21)20-9-11-3-2-8-22-11/h1,4-7,11H,2-3,8-10H2,(H,20,21). The first-order chi connectivity index (χ1) is 11.6. The van der Waals surface area contributed by atoms with Gasteiger partial charge in [-0.3, -0.25) is 4.79 Å². The SMILES string of the molecule is O=C(NCC1CCCO1)c1ccc(COc2cccc(Cl)c2Cl)o1. The van der Waals surface area contributed by atoms with Crippen LogP contribution in [-0.4, -0.2) is 25.2 Å². The van der Waals surface area contributed by atoms with Crippen molar-refractivity contribution < 1.29 is 18.7 Å². The summed E-state index contributed by atoms with van der Waals surface area (Å²) < 4.78 is 16.5. The zero-order valence-corrected chi connectivity index (χ0v) is 14.4. The van der Waals surface area contributed by atoms with Gasteiger partial charge in [-0.2, -0.15) is 0 Å². The molecular weight excluding hydrogens is 353 g/mol. The molecule has 2 heterocycles. The zero-order valence-electron chi connectivity index (χ0n) is 12.9. The van der Waals surface area contributed by atoms with Crippen molar-refractivity contribution in [2.45, 2.75) is 25.6 Å². The second-order valence-corrected chi connectivity index (χ2v) is 6.24. The van der Waals surface area contributed by atoms with Gasteiger partial charge in [0.25, 0.3) is 5.91 Å². The van der Waals surface area contributed by atoms with Crippen LogP contribution in [0, 0.1) is 0 Å². The fourth-order valence-electron chi connectivity index (χ4n) is 2.42. The van der Waals surface area contributed by atoms with Crippen LogP contribution in [0.4, 0.5) is 0 Å². The number of halogens is 2. The van der Waals surface area contributed by atoms with Gasteiger partial charge in [0.1, 0.15) is 23.1 Å². The highest BCUT2D eigenvalue weighted by Crippen LogP contribution is 2.32. The summed E-state index contributed by atoms with van der Waals surface area (Å²) >= 11 is 12.0. The van der Waals surface area contributed by atoms with Gasteiger partial charge in [-0.1, -0.05) is 29.3 Å². The normalized spacial score (nSPS) is 17.0. The van der Waals surface area contributed by atoms with Gasteiger partial charge in [0, 0.05) is 13.2 Å². The summed E-state index contributed by atoms with van der Waals surface area (Å²) in [6.07, 6.45) is 2.10. The summed E-state index contributed by atoms with van der Waals surface area (Å²) in [7, 11) is 0. The summed E-state index contributed by atoms with van der Waals surface area (Å²) in [5.41, 5.74) is 0. The van der Waals surface area contributed by atoms with Gasteiger partial charge in [0.2, 0.25) is 0 Å². The molecular formula is C17H17Cl2NO4. The van der Waals surface area contributed by atoms with Crippen molar-refractivity contribution in [3.8, 4) is 5.75 Å². The number of carbonyl (C=O) groups is 1. The summed E-state index contributed by atoms with van der Waals surface area (Å²) in [6, 6.07) is 8.45. The minimum absolute atomic E-state index is 0.0942. The average molecular weight is 370 g/mol. The minimum Gasteiger partial charge on any atom is -0.484 e. The zero-order chi connectivity index (χ0) is 16.9. The molecule has 1 amide bonds. The first-order valence-electron chi connectivity index (χ1n) is 7.69. The third-order valence-corrected chi connectivity index (χ3v) is 4.49. The maximum absolute atomic E-state index is 12.0.